The minimum Gasteiger partial charge on any atom is -0.396 e. The third kappa shape index (κ3) is 10.5. The van der Waals surface area contributed by atoms with Gasteiger partial charge >= 0.3 is 0 Å². The number of rotatable bonds is 9. The quantitative estimate of drug-likeness (QED) is 0.586. The van der Waals surface area contributed by atoms with E-state index in [1.165, 1.54) is 30.2 Å². The van der Waals surface area contributed by atoms with Crippen LogP contribution in [0.4, 0.5) is 0 Å². The van der Waals surface area contributed by atoms with Crippen LogP contribution in [0.15, 0.2) is 0 Å². The molecule has 0 aliphatic rings. The highest BCUT2D eigenvalue weighted by atomic mass is 28.3. The Kier molecular flexibility index (Phi) is 7.66. The molecule has 0 atom stereocenters. The van der Waals surface area contributed by atoms with E-state index in [1.807, 2.05) is 0 Å². The predicted molar refractivity (Wildman–Crippen MR) is 94.0 cm³/mol. The lowest BCUT2D eigenvalue weighted by Gasteiger charge is -2.30. The molecule has 0 aliphatic heterocycles. The fourth-order valence-electron chi connectivity index (χ4n) is 2.20. The lowest BCUT2D eigenvalue weighted by atomic mass is 10.5. The van der Waals surface area contributed by atoms with Gasteiger partial charge in [0.25, 0.3) is 0 Å². The Hall–Kier alpha value is 0.611. The van der Waals surface area contributed by atoms with Crippen molar-refractivity contribution in [2.24, 2.45) is 0 Å². The van der Waals surface area contributed by atoms with Crippen LogP contribution in [0.2, 0.25) is 76.0 Å². The summed E-state index contributed by atoms with van der Waals surface area (Å²) in [5.41, 5.74) is 0. The molecule has 0 heterocycles. The van der Waals surface area contributed by atoms with Crippen LogP contribution in [-0.2, 0) is 0 Å². The van der Waals surface area contributed by atoms with Crippen molar-refractivity contribution in [3.8, 4) is 0 Å². The molecular weight excluding hydrogens is 268 g/mol. The molecule has 0 saturated heterocycles. The van der Waals surface area contributed by atoms with Gasteiger partial charge in [0.2, 0.25) is 0 Å². The van der Waals surface area contributed by atoms with Crippen LogP contribution in [-0.4, -0.2) is 35.9 Å². The SMILES string of the molecule is C[Si](C)(C)CC[Si](C)(C)CC[Si](C)(C)CCCO. The largest absolute Gasteiger partial charge is 0.396 e. The number of hydrogen-bond donors (Lipinski definition) is 1. The Bertz CT molecular complexity index is 232. The first-order valence-electron chi connectivity index (χ1n) is 7.58. The Balaban J connectivity index is 4.09. The second kappa shape index (κ2) is 7.41. The van der Waals surface area contributed by atoms with Crippen LogP contribution >= 0.6 is 0 Å². The molecule has 0 saturated carbocycles. The van der Waals surface area contributed by atoms with Crippen molar-refractivity contribution in [3.63, 3.8) is 0 Å². The second-order valence-corrected chi connectivity index (χ2v) is 25.0. The van der Waals surface area contributed by atoms with Gasteiger partial charge in [0, 0.05) is 30.8 Å². The van der Waals surface area contributed by atoms with Crippen LogP contribution in [0.5, 0.6) is 0 Å². The van der Waals surface area contributed by atoms with E-state index in [1.54, 1.807) is 0 Å². The maximum absolute atomic E-state index is 8.97. The van der Waals surface area contributed by atoms with Gasteiger partial charge in [-0.1, -0.05) is 76.0 Å². The maximum Gasteiger partial charge on any atom is 0.0471 e. The highest BCUT2D eigenvalue weighted by molar-refractivity contribution is 6.84. The normalized spacial score (nSPS) is 14.0. The molecule has 0 radical (unpaired) electrons. The Morgan fingerprint density at radius 3 is 1.39 bits per heavy atom. The fraction of sp³-hybridized carbons (Fsp3) is 1.00. The van der Waals surface area contributed by atoms with E-state index >= 15 is 0 Å². The van der Waals surface area contributed by atoms with E-state index in [-0.39, 0.29) is 0 Å². The van der Waals surface area contributed by atoms with Crippen LogP contribution < -0.4 is 0 Å². The fourth-order valence-corrected chi connectivity index (χ4v) is 14.9. The third-order valence-electron chi connectivity index (χ3n) is 4.04. The first kappa shape index (κ1) is 18.6. The van der Waals surface area contributed by atoms with Crippen molar-refractivity contribution in [1.82, 2.24) is 0 Å². The molecule has 0 rings (SSSR count). The van der Waals surface area contributed by atoms with Crippen molar-refractivity contribution in [1.29, 1.82) is 0 Å². The standard InChI is InChI=1S/C14H36OSi3/c1-16(2,3)11-12-18(6,7)14-13-17(4,5)10-8-9-15/h15H,8-14H2,1-7H3. The molecule has 110 valence electrons. The van der Waals surface area contributed by atoms with E-state index in [9.17, 15) is 0 Å². The van der Waals surface area contributed by atoms with Gasteiger partial charge in [-0.2, -0.15) is 0 Å². The van der Waals surface area contributed by atoms with Gasteiger partial charge in [-0.05, 0) is 6.42 Å². The zero-order valence-electron chi connectivity index (χ0n) is 13.9. The number of hydrogen-bond acceptors (Lipinski definition) is 1. The monoisotopic (exact) mass is 304 g/mol. The summed E-state index contributed by atoms with van der Waals surface area (Å²) in [7, 11) is -2.83. The van der Waals surface area contributed by atoms with Crippen molar-refractivity contribution in [3.05, 3.63) is 0 Å². The van der Waals surface area contributed by atoms with Gasteiger partial charge in [0.1, 0.15) is 0 Å². The number of aliphatic hydroxyl groups excluding tert-OH is 1. The van der Waals surface area contributed by atoms with Crippen molar-refractivity contribution in [2.75, 3.05) is 6.61 Å². The van der Waals surface area contributed by atoms with Gasteiger partial charge in [0.15, 0.2) is 0 Å². The highest BCUT2D eigenvalue weighted by Gasteiger charge is 2.28. The first-order valence-corrected chi connectivity index (χ1v) is 18.1. The van der Waals surface area contributed by atoms with Gasteiger partial charge in [0.05, 0.1) is 0 Å². The molecule has 0 aromatic rings. The molecular formula is C14H36OSi3. The van der Waals surface area contributed by atoms with Crippen LogP contribution in [0.25, 0.3) is 0 Å². The predicted octanol–water partition coefficient (Wildman–Crippen LogP) is 5.12. The van der Waals surface area contributed by atoms with Gasteiger partial charge in [-0.3, -0.25) is 0 Å². The smallest absolute Gasteiger partial charge is 0.0471 e. The van der Waals surface area contributed by atoms with Crippen LogP contribution in [0.1, 0.15) is 6.42 Å². The van der Waals surface area contributed by atoms with Gasteiger partial charge < -0.3 is 5.11 Å². The molecule has 4 heteroatoms. The molecule has 1 nitrogen and oxygen atoms in total. The van der Waals surface area contributed by atoms with E-state index < -0.39 is 24.2 Å². The Morgan fingerprint density at radius 2 is 1.00 bits per heavy atom. The van der Waals surface area contributed by atoms with E-state index in [0.717, 1.165) is 6.42 Å². The molecule has 0 unspecified atom stereocenters. The van der Waals surface area contributed by atoms with E-state index in [0.29, 0.717) is 6.61 Å². The van der Waals surface area contributed by atoms with Crippen molar-refractivity contribution >= 4 is 24.2 Å². The van der Waals surface area contributed by atoms with Crippen molar-refractivity contribution in [2.45, 2.75) is 82.5 Å². The summed E-state index contributed by atoms with van der Waals surface area (Å²) in [6, 6.07) is 7.36. The molecule has 18 heavy (non-hydrogen) atoms. The number of aliphatic hydroxyl groups is 1. The summed E-state index contributed by atoms with van der Waals surface area (Å²) < 4.78 is 0. The molecule has 0 spiro atoms. The molecule has 0 bridgehead atoms. The molecule has 0 aromatic carbocycles. The zero-order valence-corrected chi connectivity index (χ0v) is 16.9. The molecule has 0 aliphatic carbocycles. The Morgan fingerprint density at radius 1 is 0.611 bits per heavy atom. The van der Waals surface area contributed by atoms with Gasteiger partial charge in [-0.15, -0.1) is 0 Å². The van der Waals surface area contributed by atoms with Crippen LogP contribution in [0.3, 0.4) is 0 Å². The second-order valence-electron chi connectivity index (χ2n) is 8.72. The first-order chi connectivity index (χ1) is 7.97. The third-order valence-corrected chi connectivity index (χ3v) is 13.3. The lowest BCUT2D eigenvalue weighted by molar-refractivity contribution is 0.294. The molecule has 0 amide bonds. The summed E-state index contributed by atoms with van der Waals surface area (Å²) in [6.45, 7) is 18.1. The Labute approximate surface area is 118 Å². The topological polar surface area (TPSA) is 20.2 Å². The minimum absolute atomic E-state index is 0.382. The maximum atomic E-state index is 8.97. The molecule has 0 aromatic heterocycles. The average Bonchev–Trinajstić information content (AvgIpc) is 2.21. The van der Waals surface area contributed by atoms with E-state index in [4.69, 9.17) is 5.11 Å². The summed E-state index contributed by atoms with van der Waals surface area (Å²) in [4.78, 5) is 0. The average molecular weight is 305 g/mol. The lowest BCUT2D eigenvalue weighted by Crippen LogP contribution is -2.34. The molecule has 1 N–H and O–H groups in total. The summed E-state index contributed by atoms with van der Waals surface area (Å²) in [6.07, 6.45) is 1.02. The zero-order chi connectivity index (χ0) is 14.4. The summed E-state index contributed by atoms with van der Waals surface area (Å²) >= 11 is 0. The van der Waals surface area contributed by atoms with Gasteiger partial charge in [-0.25, -0.2) is 0 Å². The molecule has 0 fully saturated rings. The van der Waals surface area contributed by atoms with Crippen LogP contribution in [0, 0.1) is 0 Å². The summed E-state index contributed by atoms with van der Waals surface area (Å²) in [5, 5.41) is 8.97. The highest BCUT2D eigenvalue weighted by Crippen LogP contribution is 2.29. The van der Waals surface area contributed by atoms with E-state index in [2.05, 4.69) is 45.8 Å². The minimum atomic E-state index is -1.02. The van der Waals surface area contributed by atoms with Crippen molar-refractivity contribution < 1.29 is 5.11 Å². The summed E-state index contributed by atoms with van der Waals surface area (Å²) in [5.74, 6) is 0.